The maximum absolute atomic E-state index is 13.2. The van der Waals surface area contributed by atoms with Crippen molar-refractivity contribution in [2.24, 2.45) is 0 Å². The molecule has 1 heterocycles. The number of nitro groups is 1. The van der Waals surface area contributed by atoms with Gasteiger partial charge in [-0.2, -0.15) is 0 Å². The number of halogens is 1. The summed E-state index contributed by atoms with van der Waals surface area (Å²) in [5.74, 6) is -1.17. The van der Waals surface area contributed by atoms with Gasteiger partial charge in [-0.3, -0.25) is 14.9 Å². The molecule has 2 rings (SSSR count). The molecule has 0 saturated carbocycles. The largest absolute Gasteiger partial charge is 0.381 e. The Morgan fingerprint density at radius 2 is 2.10 bits per heavy atom. The summed E-state index contributed by atoms with van der Waals surface area (Å²) in [7, 11) is 1.61. The minimum atomic E-state index is -0.672. The van der Waals surface area contributed by atoms with Gasteiger partial charge in [0.2, 0.25) is 0 Å². The number of ether oxygens (including phenoxy) is 1. The number of carbonyl (C=O) groups excluding carboxylic acids is 1. The molecule has 1 aliphatic rings. The molecule has 108 valence electrons. The molecule has 1 saturated heterocycles. The Morgan fingerprint density at radius 3 is 2.65 bits per heavy atom. The van der Waals surface area contributed by atoms with Gasteiger partial charge in [-0.05, 0) is 25.0 Å². The third-order valence-electron chi connectivity index (χ3n) is 3.45. The first-order valence-corrected chi connectivity index (χ1v) is 6.29. The molecule has 20 heavy (non-hydrogen) atoms. The van der Waals surface area contributed by atoms with Gasteiger partial charge in [-0.15, -0.1) is 0 Å². The molecule has 1 aliphatic heterocycles. The molecule has 1 amide bonds. The zero-order valence-corrected chi connectivity index (χ0v) is 11.0. The number of hydrogen-bond acceptors (Lipinski definition) is 4. The number of nitrogens with zero attached hydrogens (tertiary/aromatic N) is 2. The Labute approximate surface area is 115 Å². The first kappa shape index (κ1) is 14.4. The van der Waals surface area contributed by atoms with Gasteiger partial charge >= 0.3 is 0 Å². The van der Waals surface area contributed by atoms with E-state index >= 15 is 0 Å². The quantitative estimate of drug-likeness (QED) is 0.627. The molecule has 7 heteroatoms. The second-order valence-electron chi connectivity index (χ2n) is 4.65. The monoisotopic (exact) mass is 282 g/mol. The van der Waals surface area contributed by atoms with Crippen molar-refractivity contribution in [2.45, 2.75) is 18.9 Å². The summed E-state index contributed by atoms with van der Waals surface area (Å²) in [5, 5.41) is 10.9. The normalized spacial score (nSPS) is 16.2. The van der Waals surface area contributed by atoms with E-state index in [1.807, 2.05) is 0 Å². The third kappa shape index (κ3) is 2.93. The predicted octanol–water partition coefficient (Wildman–Crippen LogP) is 1.98. The fraction of sp³-hybridized carbons (Fsp3) is 0.462. The number of amides is 1. The average molecular weight is 282 g/mol. The van der Waals surface area contributed by atoms with Crippen LogP contribution in [0, 0.1) is 15.9 Å². The van der Waals surface area contributed by atoms with Crippen LogP contribution in [-0.2, 0) is 4.74 Å². The van der Waals surface area contributed by atoms with E-state index in [1.54, 1.807) is 7.11 Å². The number of nitro benzene ring substituents is 1. The van der Waals surface area contributed by atoms with Crippen LogP contribution in [0.5, 0.6) is 0 Å². The van der Waals surface area contributed by atoms with Crippen LogP contribution >= 0.6 is 0 Å². The van der Waals surface area contributed by atoms with Crippen LogP contribution in [-0.4, -0.2) is 42.0 Å². The van der Waals surface area contributed by atoms with Gasteiger partial charge in [0.05, 0.1) is 11.0 Å². The molecule has 0 bridgehead atoms. The van der Waals surface area contributed by atoms with Crippen LogP contribution < -0.4 is 0 Å². The maximum Gasteiger partial charge on any atom is 0.282 e. The minimum absolute atomic E-state index is 0.0987. The standard InChI is InChI=1S/C13H15FN2O4/c1-20-10-4-6-15(7-5-10)13(17)11-8-9(14)2-3-12(11)16(18)19/h2-3,8,10H,4-7H2,1H3. The fourth-order valence-electron chi connectivity index (χ4n) is 2.30. The van der Waals surface area contributed by atoms with Gasteiger partial charge in [0, 0.05) is 26.3 Å². The molecule has 6 nitrogen and oxygen atoms in total. The summed E-state index contributed by atoms with van der Waals surface area (Å²) >= 11 is 0. The molecule has 0 radical (unpaired) electrons. The lowest BCUT2D eigenvalue weighted by molar-refractivity contribution is -0.385. The number of methoxy groups -OCH3 is 1. The molecular formula is C13H15FN2O4. The van der Waals surface area contributed by atoms with Crippen LogP contribution in [0.2, 0.25) is 0 Å². The molecule has 1 aromatic rings. The average Bonchev–Trinajstić information content (AvgIpc) is 2.46. The zero-order valence-electron chi connectivity index (χ0n) is 11.0. The van der Waals surface area contributed by atoms with Crippen LogP contribution in [0.3, 0.4) is 0 Å². The highest BCUT2D eigenvalue weighted by Crippen LogP contribution is 2.23. The van der Waals surface area contributed by atoms with E-state index in [1.165, 1.54) is 4.90 Å². The highest BCUT2D eigenvalue weighted by Gasteiger charge is 2.28. The Balaban J connectivity index is 2.21. The molecular weight excluding hydrogens is 267 g/mol. The van der Waals surface area contributed by atoms with Crippen molar-refractivity contribution in [2.75, 3.05) is 20.2 Å². The molecule has 1 fully saturated rings. The number of likely N-dealkylation sites (tertiary alicyclic amines) is 1. The highest BCUT2D eigenvalue weighted by molar-refractivity contribution is 5.98. The fourth-order valence-corrected chi connectivity index (χ4v) is 2.30. The van der Waals surface area contributed by atoms with Crippen molar-refractivity contribution in [1.82, 2.24) is 4.90 Å². The van der Waals surface area contributed by atoms with E-state index < -0.39 is 16.6 Å². The van der Waals surface area contributed by atoms with Gasteiger partial charge in [0.1, 0.15) is 11.4 Å². The van der Waals surface area contributed by atoms with E-state index in [4.69, 9.17) is 4.74 Å². The zero-order chi connectivity index (χ0) is 14.7. The molecule has 0 N–H and O–H groups in total. The molecule has 0 spiro atoms. The van der Waals surface area contributed by atoms with Crippen LogP contribution in [0.1, 0.15) is 23.2 Å². The summed E-state index contributed by atoms with van der Waals surface area (Å²) in [5.41, 5.74) is -0.573. The summed E-state index contributed by atoms with van der Waals surface area (Å²) in [4.78, 5) is 24.0. The number of piperidine rings is 1. The van der Waals surface area contributed by atoms with E-state index in [0.717, 1.165) is 18.2 Å². The van der Waals surface area contributed by atoms with Gasteiger partial charge in [0.25, 0.3) is 11.6 Å². The highest BCUT2D eigenvalue weighted by atomic mass is 19.1. The van der Waals surface area contributed by atoms with Crippen LogP contribution in [0.15, 0.2) is 18.2 Å². The Morgan fingerprint density at radius 1 is 1.45 bits per heavy atom. The Bertz CT molecular complexity index is 527. The van der Waals surface area contributed by atoms with Crippen molar-refractivity contribution in [3.8, 4) is 0 Å². The van der Waals surface area contributed by atoms with Gasteiger partial charge < -0.3 is 9.64 Å². The Kier molecular flexibility index (Phi) is 4.29. The molecule has 1 aromatic carbocycles. The summed E-state index contributed by atoms with van der Waals surface area (Å²) in [6.07, 6.45) is 1.44. The lowest BCUT2D eigenvalue weighted by Gasteiger charge is -2.31. The van der Waals surface area contributed by atoms with Crippen molar-refractivity contribution < 1.29 is 18.8 Å². The first-order chi connectivity index (χ1) is 9.52. The second kappa shape index (κ2) is 5.96. The maximum atomic E-state index is 13.2. The number of hydrogen-bond donors (Lipinski definition) is 0. The SMILES string of the molecule is COC1CCN(C(=O)c2cc(F)ccc2[N+](=O)[O-])CC1. The molecule has 0 aliphatic carbocycles. The van der Waals surface area contributed by atoms with Crippen molar-refractivity contribution in [3.05, 3.63) is 39.7 Å². The van der Waals surface area contributed by atoms with Crippen molar-refractivity contribution in [1.29, 1.82) is 0 Å². The third-order valence-corrected chi connectivity index (χ3v) is 3.45. The van der Waals surface area contributed by atoms with Crippen LogP contribution in [0.25, 0.3) is 0 Å². The van der Waals surface area contributed by atoms with E-state index in [-0.39, 0.29) is 17.4 Å². The molecule has 0 aromatic heterocycles. The van der Waals surface area contributed by atoms with E-state index in [9.17, 15) is 19.3 Å². The second-order valence-corrected chi connectivity index (χ2v) is 4.65. The van der Waals surface area contributed by atoms with Crippen LogP contribution in [0.4, 0.5) is 10.1 Å². The molecule has 0 atom stereocenters. The smallest absolute Gasteiger partial charge is 0.282 e. The van der Waals surface area contributed by atoms with E-state index in [0.29, 0.717) is 25.9 Å². The predicted molar refractivity (Wildman–Crippen MR) is 69.0 cm³/mol. The summed E-state index contributed by atoms with van der Waals surface area (Å²) in [6.45, 7) is 0.899. The summed E-state index contributed by atoms with van der Waals surface area (Å²) in [6, 6.07) is 2.92. The van der Waals surface area contributed by atoms with Crippen molar-refractivity contribution >= 4 is 11.6 Å². The Hall–Kier alpha value is -2.02. The van der Waals surface area contributed by atoms with E-state index in [2.05, 4.69) is 0 Å². The lowest BCUT2D eigenvalue weighted by Crippen LogP contribution is -2.40. The van der Waals surface area contributed by atoms with Gasteiger partial charge in [-0.25, -0.2) is 4.39 Å². The molecule has 0 unspecified atom stereocenters. The minimum Gasteiger partial charge on any atom is -0.381 e. The van der Waals surface area contributed by atoms with Gasteiger partial charge in [0.15, 0.2) is 0 Å². The van der Waals surface area contributed by atoms with Gasteiger partial charge in [-0.1, -0.05) is 0 Å². The summed E-state index contributed by atoms with van der Waals surface area (Å²) < 4.78 is 18.4. The number of rotatable bonds is 3. The number of carbonyl (C=O) groups is 1. The topological polar surface area (TPSA) is 72.7 Å². The number of benzene rings is 1. The van der Waals surface area contributed by atoms with Crippen molar-refractivity contribution in [3.63, 3.8) is 0 Å². The lowest BCUT2D eigenvalue weighted by atomic mass is 10.1. The first-order valence-electron chi connectivity index (χ1n) is 6.29.